The van der Waals surface area contributed by atoms with Crippen molar-refractivity contribution in [2.45, 2.75) is 33.3 Å². The van der Waals surface area contributed by atoms with Crippen LogP contribution in [0, 0.1) is 6.92 Å². The van der Waals surface area contributed by atoms with Crippen LogP contribution in [0.25, 0.3) is 0 Å². The summed E-state index contributed by atoms with van der Waals surface area (Å²) in [4.78, 5) is 11.4. The molecule has 0 atom stereocenters. The minimum absolute atomic E-state index is 0.381. The Morgan fingerprint density at radius 3 is 2.33 bits per heavy atom. The third kappa shape index (κ3) is 6.13. The van der Waals surface area contributed by atoms with E-state index in [4.69, 9.17) is 4.74 Å². The monoisotopic (exact) mass is 250 g/mol. The summed E-state index contributed by atoms with van der Waals surface area (Å²) in [7, 11) is 0. The fraction of sp³-hybridized carbons (Fsp3) is 0.500. The molecule has 1 aromatic rings. The van der Waals surface area contributed by atoms with Gasteiger partial charge in [-0.3, -0.25) is 0 Å². The quantitative estimate of drug-likeness (QED) is 0.808. The highest BCUT2D eigenvalue weighted by Gasteiger charge is 2.15. The summed E-state index contributed by atoms with van der Waals surface area (Å²) in [6.07, 6.45) is -0.381. The molecular weight excluding hydrogens is 228 g/mol. The lowest BCUT2D eigenvalue weighted by molar-refractivity contribution is 0.0530. The lowest BCUT2D eigenvalue weighted by Gasteiger charge is -2.19. The van der Waals surface area contributed by atoms with Gasteiger partial charge >= 0.3 is 6.09 Å². The molecule has 4 nitrogen and oxygen atoms in total. The van der Waals surface area contributed by atoms with E-state index in [-0.39, 0.29) is 6.09 Å². The summed E-state index contributed by atoms with van der Waals surface area (Å²) in [5.41, 5.74) is 1.83. The Morgan fingerprint density at radius 2 is 1.78 bits per heavy atom. The zero-order valence-electron chi connectivity index (χ0n) is 11.5. The van der Waals surface area contributed by atoms with Gasteiger partial charge in [-0.1, -0.05) is 17.7 Å². The smallest absolute Gasteiger partial charge is 0.407 e. The maximum absolute atomic E-state index is 11.4. The van der Waals surface area contributed by atoms with Crippen molar-refractivity contribution in [3.8, 4) is 0 Å². The molecule has 1 rings (SSSR count). The highest BCUT2D eigenvalue weighted by Crippen LogP contribution is 2.08. The van der Waals surface area contributed by atoms with Gasteiger partial charge in [-0.15, -0.1) is 0 Å². The van der Waals surface area contributed by atoms with Gasteiger partial charge in [0.15, 0.2) is 0 Å². The van der Waals surface area contributed by atoms with Crippen molar-refractivity contribution in [1.82, 2.24) is 5.32 Å². The second kappa shape index (κ2) is 6.28. The van der Waals surface area contributed by atoms with Crippen LogP contribution in [0.3, 0.4) is 0 Å². The highest BCUT2D eigenvalue weighted by atomic mass is 16.6. The number of hydrogen-bond donors (Lipinski definition) is 2. The lowest BCUT2D eigenvalue weighted by Crippen LogP contribution is -2.34. The fourth-order valence-electron chi connectivity index (χ4n) is 1.36. The number of carbonyl (C=O) groups excluding carboxylic acids is 1. The first kappa shape index (κ1) is 14.4. The molecular formula is C14H22N2O2. The number of amides is 1. The van der Waals surface area contributed by atoms with Gasteiger partial charge in [0.2, 0.25) is 0 Å². The summed E-state index contributed by atoms with van der Waals surface area (Å²) in [6.45, 7) is 8.78. The SMILES string of the molecule is Cc1ccc(NCCNC(=O)OC(C)(C)C)cc1. The van der Waals surface area contributed by atoms with Crippen molar-refractivity contribution in [1.29, 1.82) is 0 Å². The number of ether oxygens (including phenoxy) is 1. The Hall–Kier alpha value is -1.71. The van der Waals surface area contributed by atoms with E-state index in [1.807, 2.05) is 52.0 Å². The van der Waals surface area contributed by atoms with Gasteiger partial charge in [0.1, 0.15) is 5.60 Å². The Balaban J connectivity index is 2.19. The van der Waals surface area contributed by atoms with Crippen LogP contribution in [0.15, 0.2) is 24.3 Å². The molecule has 4 heteroatoms. The van der Waals surface area contributed by atoms with Crippen molar-refractivity contribution < 1.29 is 9.53 Å². The molecule has 0 heterocycles. The van der Waals surface area contributed by atoms with Crippen LogP contribution in [-0.4, -0.2) is 24.8 Å². The van der Waals surface area contributed by atoms with E-state index in [1.165, 1.54) is 5.56 Å². The molecule has 2 N–H and O–H groups in total. The first-order valence-electron chi connectivity index (χ1n) is 6.14. The zero-order chi connectivity index (χ0) is 13.6. The summed E-state index contributed by atoms with van der Waals surface area (Å²) < 4.78 is 5.13. The summed E-state index contributed by atoms with van der Waals surface area (Å²) in [5, 5.41) is 5.92. The van der Waals surface area contributed by atoms with E-state index in [0.29, 0.717) is 13.1 Å². The Bertz CT molecular complexity index is 380. The molecule has 1 amide bonds. The van der Waals surface area contributed by atoms with E-state index in [2.05, 4.69) is 10.6 Å². The molecule has 18 heavy (non-hydrogen) atoms. The van der Waals surface area contributed by atoms with Crippen molar-refractivity contribution in [2.75, 3.05) is 18.4 Å². The van der Waals surface area contributed by atoms with Crippen LogP contribution < -0.4 is 10.6 Å². The van der Waals surface area contributed by atoms with Crippen molar-refractivity contribution >= 4 is 11.8 Å². The standard InChI is InChI=1S/C14H22N2O2/c1-11-5-7-12(8-6-11)15-9-10-16-13(17)18-14(2,3)4/h5-8,15H,9-10H2,1-4H3,(H,16,17). The van der Waals surface area contributed by atoms with Gasteiger partial charge in [0.05, 0.1) is 0 Å². The van der Waals surface area contributed by atoms with Crippen LogP contribution in [0.1, 0.15) is 26.3 Å². The predicted molar refractivity (Wildman–Crippen MR) is 73.9 cm³/mol. The maximum atomic E-state index is 11.4. The van der Waals surface area contributed by atoms with Crippen LogP contribution in [0.2, 0.25) is 0 Å². The molecule has 100 valence electrons. The summed E-state index contributed by atoms with van der Waals surface area (Å²) in [6, 6.07) is 8.12. The zero-order valence-corrected chi connectivity index (χ0v) is 11.5. The molecule has 0 aliphatic carbocycles. The van der Waals surface area contributed by atoms with Gasteiger partial charge in [0, 0.05) is 18.8 Å². The number of hydrogen-bond acceptors (Lipinski definition) is 3. The Labute approximate surface area is 109 Å². The van der Waals surface area contributed by atoms with Crippen LogP contribution in [0.5, 0.6) is 0 Å². The largest absolute Gasteiger partial charge is 0.444 e. The molecule has 0 spiro atoms. The molecule has 0 radical (unpaired) electrons. The second-order valence-electron chi connectivity index (χ2n) is 5.22. The normalized spacial score (nSPS) is 10.9. The molecule has 0 aliphatic heterocycles. The van der Waals surface area contributed by atoms with Crippen LogP contribution in [-0.2, 0) is 4.74 Å². The van der Waals surface area contributed by atoms with Gasteiger partial charge in [-0.25, -0.2) is 4.79 Å². The number of aryl methyl sites for hydroxylation is 1. The predicted octanol–water partition coefficient (Wildman–Crippen LogP) is 2.93. The third-order valence-electron chi connectivity index (χ3n) is 2.17. The van der Waals surface area contributed by atoms with Crippen molar-refractivity contribution in [2.24, 2.45) is 0 Å². The topological polar surface area (TPSA) is 50.4 Å². The average Bonchev–Trinajstić information content (AvgIpc) is 2.24. The van der Waals surface area contributed by atoms with E-state index in [0.717, 1.165) is 5.69 Å². The van der Waals surface area contributed by atoms with E-state index >= 15 is 0 Å². The fourth-order valence-corrected chi connectivity index (χ4v) is 1.36. The van der Waals surface area contributed by atoms with Crippen LogP contribution in [0.4, 0.5) is 10.5 Å². The third-order valence-corrected chi connectivity index (χ3v) is 2.17. The molecule has 0 fully saturated rings. The second-order valence-corrected chi connectivity index (χ2v) is 5.22. The number of nitrogens with one attached hydrogen (secondary N) is 2. The van der Waals surface area contributed by atoms with Gasteiger partial charge in [-0.2, -0.15) is 0 Å². The number of benzene rings is 1. The molecule has 1 aromatic carbocycles. The minimum Gasteiger partial charge on any atom is -0.444 e. The minimum atomic E-state index is -0.450. The van der Waals surface area contributed by atoms with E-state index in [9.17, 15) is 4.79 Å². The van der Waals surface area contributed by atoms with Crippen LogP contribution >= 0.6 is 0 Å². The van der Waals surface area contributed by atoms with Gasteiger partial charge in [0.25, 0.3) is 0 Å². The Kier molecular flexibility index (Phi) is 5.01. The van der Waals surface area contributed by atoms with Crippen molar-refractivity contribution in [3.63, 3.8) is 0 Å². The summed E-state index contributed by atoms with van der Waals surface area (Å²) in [5.74, 6) is 0. The average molecular weight is 250 g/mol. The first-order valence-corrected chi connectivity index (χ1v) is 6.14. The molecule has 0 aliphatic rings. The molecule has 0 saturated heterocycles. The lowest BCUT2D eigenvalue weighted by atomic mass is 10.2. The molecule has 0 unspecified atom stereocenters. The summed E-state index contributed by atoms with van der Waals surface area (Å²) >= 11 is 0. The molecule has 0 saturated carbocycles. The highest BCUT2D eigenvalue weighted by molar-refractivity contribution is 5.67. The van der Waals surface area contributed by atoms with E-state index < -0.39 is 5.60 Å². The van der Waals surface area contributed by atoms with Crippen molar-refractivity contribution in [3.05, 3.63) is 29.8 Å². The molecule has 0 aromatic heterocycles. The number of alkyl carbamates (subject to hydrolysis) is 1. The van der Waals surface area contributed by atoms with E-state index in [1.54, 1.807) is 0 Å². The van der Waals surface area contributed by atoms with Gasteiger partial charge < -0.3 is 15.4 Å². The molecule has 0 bridgehead atoms. The number of anilines is 1. The Morgan fingerprint density at radius 1 is 1.17 bits per heavy atom. The number of carbonyl (C=O) groups is 1. The number of rotatable bonds is 4. The van der Waals surface area contributed by atoms with Gasteiger partial charge in [-0.05, 0) is 39.8 Å². The maximum Gasteiger partial charge on any atom is 0.407 e. The first-order chi connectivity index (χ1) is 8.37.